The van der Waals surface area contributed by atoms with Crippen LogP contribution in [0.5, 0.6) is 0 Å². The first-order valence-corrected chi connectivity index (χ1v) is 7.29. The molecule has 0 aliphatic carbocycles. The Morgan fingerprint density at radius 2 is 2.05 bits per heavy atom. The molecule has 0 fully saturated rings. The smallest absolute Gasteiger partial charge is 0.211 e. The highest BCUT2D eigenvalue weighted by Crippen LogP contribution is 2.14. The minimum absolute atomic E-state index is 0.149. The Kier molecular flexibility index (Phi) is 5.05. The molecule has 0 spiro atoms. The zero-order valence-corrected chi connectivity index (χ0v) is 11.7. The van der Waals surface area contributed by atoms with Crippen molar-refractivity contribution in [2.75, 3.05) is 7.05 Å². The molecular formula is C13H15N3O2S. The first-order valence-electron chi connectivity index (χ1n) is 5.79. The molecule has 1 rings (SSSR count). The maximum atomic E-state index is 12.1. The van der Waals surface area contributed by atoms with Crippen molar-refractivity contribution in [3.63, 3.8) is 0 Å². The largest absolute Gasteiger partial charge is 0.230 e. The molecule has 0 saturated carbocycles. The lowest BCUT2D eigenvalue weighted by Crippen LogP contribution is -2.34. The maximum Gasteiger partial charge on any atom is 0.230 e. The van der Waals surface area contributed by atoms with Gasteiger partial charge in [-0.1, -0.05) is 19.1 Å². The van der Waals surface area contributed by atoms with Gasteiger partial charge in [0.05, 0.1) is 17.7 Å². The van der Waals surface area contributed by atoms with Gasteiger partial charge in [0.25, 0.3) is 0 Å². The van der Waals surface area contributed by atoms with Crippen molar-refractivity contribution in [3.05, 3.63) is 35.4 Å². The van der Waals surface area contributed by atoms with E-state index < -0.39 is 15.3 Å². The second kappa shape index (κ2) is 6.33. The Bertz CT molecular complexity index is 626. The third-order valence-corrected chi connectivity index (χ3v) is 4.93. The molecule has 6 heteroatoms. The highest BCUT2D eigenvalue weighted by atomic mass is 32.2. The lowest BCUT2D eigenvalue weighted by molar-refractivity contribution is 0.460. The molecule has 0 radical (unpaired) electrons. The molecule has 5 nitrogen and oxygen atoms in total. The highest BCUT2D eigenvalue weighted by Gasteiger charge is 2.28. The van der Waals surface area contributed by atoms with E-state index in [-0.39, 0.29) is 13.0 Å². The second-order valence-corrected chi connectivity index (χ2v) is 6.36. The normalized spacial score (nSPS) is 12.7. The van der Waals surface area contributed by atoms with E-state index in [1.165, 1.54) is 7.05 Å². The van der Waals surface area contributed by atoms with Crippen LogP contribution in [0.2, 0.25) is 0 Å². The SMILES string of the molecule is CCC(C#N)S(=O)(=O)N(C)Cc1cccc(C#N)c1. The molecule has 0 N–H and O–H groups in total. The number of rotatable bonds is 5. The van der Waals surface area contributed by atoms with Gasteiger partial charge >= 0.3 is 0 Å². The van der Waals surface area contributed by atoms with Gasteiger partial charge in [-0.05, 0) is 24.1 Å². The highest BCUT2D eigenvalue weighted by molar-refractivity contribution is 7.89. The van der Waals surface area contributed by atoms with Crippen LogP contribution in [0.25, 0.3) is 0 Å². The van der Waals surface area contributed by atoms with E-state index in [1.807, 2.05) is 6.07 Å². The number of sulfonamides is 1. The number of hydrogen-bond acceptors (Lipinski definition) is 4. The van der Waals surface area contributed by atoms with Gasteiger partial charge in [-0.3, -0.25) is 0 Å². The monoisotopic (exact) mass is 277 g/mol. The van der Waals surface area contributed by atoms with E-state index in [4.69, 9.17) is 10.5 Å². The summed E-state index contributed by atoms with van der Waals surface area (Å²) in [7, 11) is -2.19. The van der Waals surface area contributed by atoms with Crippen molar-refractivity contribution in [1.82, 2.24) is 4.31 Å². The van der Waals surface area contributed by atoms with Crippen LogP contribution in [0.15, 0.2) is 24.3 Å². The van der Waals surface area contributed by atoms with Crippen molar-refractivity contribution in [1.29, 1.82) is 10.5 Å². The average molecular weight is 277 g/mol. The minimum atomic E-state index is -3.63. The van der Waals surface area contributed by atoms with Crippen LogP contribution in [0.3, 0.4) is 0 Å². The van der Waals surface area contributed by atoms with Crippen molar-refractivity contribution in [3.8, 4) is 12.1 Å². The van der Waals surface area contributed by atoms with E-state index in [0.29, 0.717) is 5.56 Å². The topological polar surface area (TPSA) is 85.0 Å². The zero-order valence-electron chi connectivity index (χ0n) is 10.9. The Hall–Kier alpha value is -1.89. The lowest BCUT2D eigenvalue weighted by atomic mass is 10.1. The molecule has 0 heterocycles. The fraction of sp³-hybridized carbons (Fsp3) is 0.385. The Morgan fingerprint density at radius 1 is 1.37 bits per heavy atom. The summed E-state index contributed by atoms with van der Waals surface area (Å²) in [6.45, 7) is 1.81. The van der Waals surface area contributed by atoms with E-state index in [1.54, 1.807) is 37.3 Å². The number of hydrogen-bond donors (Lipinski definition) is 0. The summed E-state index contributed by atoms with van der Waals surface area (Å²) in [5.74, 6) is 0. The van der Waals surface area contributed by atoms with Crippen molar-refractivity contribution >= 4 is 10.0 Å². The molecule has 0 saturated heterocycles. The fourth-order valence-corrected chi connectivity index (χ4v) is 2.99. The zero-order chi connectivity index (χ0) is 14.5. The van der Waals surface area contributed by atoms with E-state index in [2.05, 4.69) is 0 Å². The molecule has 0 aromatic heterocycles. The van der Waals surface area contributed by atoms with Gasteiger partial charge in [0, 0.05) is 13.6 Å². The van der Waals surface area contributed by atoms with Crippen molar-refractivity contribution in [2.45, 2.75) is 25.1 Å². The standard InChI is InChI=1S/C13H15N3O2S/c1-3-13(9-15)19(17,18)16(2)10-12-6-4-5-11(7-12)8-14/h4-7,13H,3,10H2,1-2H3. The summed E-state index contributed by atoms with van der Waals surface area (Å²) in [5.41, 5.74) is 1.20. The van der Waals surface area contributed by atoms with Crippen molar-refractivity contribution < 1.29 is 8.42 Å². The summed E-state index contributed by atoms with van der Waals surface area (Å²) in [6, 6.07) is 10.6. The van der Waals surface area contributed by atoms with Gasteiger partial charge in [0.2, 0.25) is 10.0 Å². The summed E-state index contributed by atoms with van der Waals surface area (Å²) >= 11 is 0. The Balaban J connectivity index is 2.94. The molecule has 1 atom stereocenters. The van der Waals surface area contributed by atoms with Gasteiger partial charge in [-0.15, -0.1) is 0 Å². The van der Waals surface area contributed by atoms with Gasteiger partial charge in [-0.2, -0.15) is 14.8 Å². The maximum absolute atomic E-state index is 12.1. The summed E-state index contributed by atoms with van der Waals surface area (Å²) in [6.07, 6.45) is 0.251. The number of nitrogens with zero attached hydrogens (tertiary/aromatic N) is 3. The first kappa shape index (κ1) is 15.2. The van der Waals surface area contributed by atoms with E-state index >= 15 is 0 Å². The van der Waals surface area contributed by atoms with Crippen LogP contribution < -0.4 is 0 Å². The predicted molar refractivity (Wildman–Crippen MR) is 71.2 cm³/mol. The van der Waals surface area contributed by atoms with Crippen LogP contribution in [0.1, 0.15) is 24.5 Å². The molecular weight excluding hydrogens is 262 g/mol. The van der Waals surface area contributed by atoms with Crippen LogP contribution in [0, 0.1) is 22.7 Å². The van der Waals surface area contributed by atoms with Gasteiger partial charge in [0.15, 0.2) is 5.25 Å². The van der Waals surface area contributed by atoms with Gasteiger partial charge < -0.3 is 0 Å². The summed E-state index contributed by atoms with van der Waals surface area (Å²) < 4.78 is 25.3. The molecule has 100 valence electrons. The third kappa shape index (κ3) is 3.54. The average Bonchev–Trinajstić information content (AvgIpc) is 2.40. The Morgan fingerprint density at radius 3 is 2.58 bits per heavy atom. The molecule has 0 aliphatic rings. The second-order valence-electron chi connectivity index (χ2n) is 4.14. The number of nitriles is 2. The van der Waals surface area contributed by atoms with E-state index in [0.717, 1.165) is 9.87 Å². The molecule has 1 aromatic rings. The third-order valence-electron chi connectivity index (χ3n) is 2.77. The number of benzene rings is 1. The quantitative estimate of drug-likeness (QED) is 0.818. The fourth-order valence-electron chi connectivity index (χ4n) is 1.67. The summed E-state index contributed by atoms with van der Waals surface area (Å²) in [5, 5.41) is 16.6. The lowest BCUT2D eigenvalue weighted by Gasteiger charge is -2.19. The van der Waals surface area contributed by atoms with Crippen molar-refractivity contribution in [2.24, 2.45) is 0 Å². The Labute approximate surface area is 113 Å². The van der Waals surface area contributed by atoms with Crippen LogP contribution in [0.4, 0.5) is 0 Å². The first-order chi connectivity index (χ1) is 8.95. The molecule has 0 aliphatic heterocycles. The van der Waals surface area contributed by atoms with Crippen LogP contribution >= 0.6 is 0 Å². The molecule has 1 unspecified atom stereocenters. The predicted octanol–water partition coefficient (Wildman–Crippen LogP) is 1.62. The van der Waals surface area contributed by atoms with E-state index in [9.17, 15) is 8.42 Å². The molecule has 1 aromatic carbocycles. The van der Waals surface area contributed by atoms with Gasteiger partial charge in [-0.25, -0.2) is 8.42 Å². The van der Waals surface area contributed by atoms with Crippen LogP contribution in [-0.4, -0.2) is 25.0 Å². The molecule has 19 heavy (non-hydrogen) atoms. The minimum Gasteiger partial charge on any atom is -0.211 e. The van der Waals surface area contributed by atoms with Gasteiger partial charge in [0.1, 0.15) is 0 Å². The summed E-state index contributed by atoms with van der Waals surface area (Å²) in [4.78, 5) is 0. The molecule has 0 amide bonds. The van der Waals surface area contributed by atoms with Crippen LogP contribution in [-0.2, 0) is 16.6 Å². The molecule has 0 bridgehead atoms.